The summed E-state index contributed by atoms with van der Waals surface area (Å²) in [4.78, 5) is 9.56. The Morgan fingerprint density at radius 3 is 2.46 bits per heavy atom. The van der Waals surface area contributed by atoms with Crippen molar-refractivity contribution in [3.05, 3.63) is 47.8 Å². The van der Waals surface area contributed by atoms with Crippen molar-refractivity contribution in [1.29, 1.82) is 5.26 Å². The van der Waals surface area contributed by atoms with Gasteiger partial charge in [0, 0.05) is 43.5 Å². The second kappa shape index (κ2) is 7.61. The Kier molecular flexibility index (Phi) is 5.01. The summed E-state index contributed by atoms with van der Waals surface area (Å²) in [6.07, 6.45) is 0. The van der Waals surface area contributed by atoms with Gasteiger partial charge in [-0.25, -0.2) is 4.98 Å². The maximum absolute atomic E-state index is 8.95. The molecule has 0 amide bonds. The zero-order chi connectivity index (χ0) is 19.7. The van der Waals surface area contributed by atoms with Gasteiger partial charge in [-0.05, 0) is 18.4 Å². The van der Waals surface area contributed by atoms with Gasteiger partial charge in [0.15, 0.2) is 5.65 Å². The summed E-state index contributed by atoms with van der Waals surface area (Å²) in [5.41, 5.74) is 5.24. The number of hydrogen-bond donors (Lipinski definition) is 0. The fraction of sp³-hybridized carbons (Fsp3) is 0.409. The van der Waals surface area contributed by atoms with Crippen LogP contribution in [0, 0.1) is 18.3 Å². The predicted octanol–water partition coefficient (Wildman–Crippen LogP) is 3.47. The van der Waals surface area contributed by atoms with Gasteiger partial charge in [-0.1, -0.05) is 44.2 Å². The van der Waals surface area contributed by atoms with Crippen molar-refractivity contribution in [3.63, 3.8) is 0 Å². The molecule has 6 nitrogen and oxygen atoms in total. The number of rotatable bonds is 4. The first-order valence-electron chi connectivity index (χ1n) is 9.88. The van der Waals surface area contributed by atoms with Gasteiger partial charge in [0.05, 0.1) is 18.3 Å². The molecule has 0 bridgehead atoms. The van der Waals surface area contributed by atoms with Crippen LogP contribution in [0.4, 0.5) is 5.82 Å². The largest absolute Gasteiger partial charge is 0.354 e. The van der Waals surface area contributed by atoms with E-state index < -0.39 is 0 Å². The molecule has 0 radical (unpaired) electrons. The first-order valence-corrected chi connectivity index (χ1v) is 9.88. The molecule has 144 valence electrons. The van der Waals surface area contributed by atoms with Crippen LogP contribution < -0.4 is 4.90 Å². The van der Waals surface area contributed by atoms with Gasteiger partial charge in [0.25, 0.3) is 0 Å². The number of fused-ring (bicyclic) bond motifs is 1. The molecule has 0 atom stereocenters. The topological polar surface area (TPSA) is 60.5 Å². The number of aromatic nitrogens is 3. The summed E-state index contributed by atoms with van der Waals surface area (Å²) < 4.78 is 2.00. The normalized spacial score (nSPS) is 15.3. The van der Waals surface area contributed by atoms with E-state index in [0.717, 1.165) is 60.2 Å². The number of anilines is 1. The van der Waals surface area contributed by atoms with Crippen molar-refractivity contribution in [3.8, 4) is 17.2 Å². The second-order valence-corrected chi connectivity index (χ2v) is 7.68. The van der Waals surface area contributed by atoms with Crippen molar-refractivity contribution in [1.82, 2.24) is 19.5 Å². The first-order chi connectivity index (χ1) is 13.6. The minimum atomic E-state index is 0.336. The van der Waals surface area contributed by atoms with Crippen molar-refractivity contribution < 1.29 is 0 Å². The maximum atomic E-state index is 8.95. The third-order valence-corrected chi connectivity index (χ3v) is 5.41. The quantitative estimate of drug-likeness (QED) is 0.655. The Morgan fingerprint density at radius 2 is 1.82 bits per heavy atom. The van der Waals surface area contributed by atoms with E-state index in [2.05, 4.69) is 67.0 Å². The Balaban J connectivity index is 1.82. The lowest BCUT2D eigenvalue weighted by atomic mass is 10.1. The summed E-state index contributed by atoms with van der Waals surface area (Å²) in [5, 5.41) is 13.8. The zero-order valence-electron chi connectivity index (χ0n) is 16.8. The van der Waals surface area contributed by atoms with Gasteiger partial charge in [-0.15, -0.1) is 0 Å². The molecule has 6 heteroatoms. The van der Waals surface area contributed by atoms with E-state index >= 15 is 0 Å². The van der Waals surface area contributed by atoms with E-state index in [9.17, 15) is 0 Å². The number of nitriles is 1. The van der Waals surface area contributed by atoms with Crippen molar-refractivity contribution >= 4 is 11.5 Å². The summed E-state index contributed by atoms with van der Waals surface area (Å²) >= 11 is 0. The van der Waals surface area contributed by atoms with Crippen LogP contribution in [-0.4, -0.2) is 52.2 Å². The summed E-state index contributed by atoms with van der Waals surface area (Å²) in [6, 6.07) is 14.8. The lowest BCUT2D eigenvalue weighted by Crippen LogP contribution is -2.47. The molecule has 4 rings (SSSR count). The molecule has 1 aliphatic heterocycles. The Labute approximate surface area is 166 Å². The SMILES string of the molecule is Cc1nn2c(N3CCN(CC#N)CC3)cc(C(C)C)nc2c1-c1ccccc1. The van der Waals surface area contributed by atoms with Gasteiger partial charge in [-0.2, -0.15) is 14.9 Å². The molecule has 2 aromatic heterocycles. The smallest absolute Gasteiger partial charge is 0.165 e. The maximum Gasteiger partial charge on any atom is 0.165 e. The van der Waals surface area contributed by atoms with Crippen LogP contribution in [0.5, 0.6) is 0 Å². The number of benzene rings is 1. The van der Waals surface area contributed by atoms with Crippen LogP contribution in [0.1, 0.15) is 31.2 Å². The summed E-state index contributed by atoms with van der Waals surface area (Å²) in [6.45, 7) is 10.5. The van der Waals surface area contributed by atoms with Gasteiger partial charge in [0.2, 0.25) is 0 Å². The van der Waals surface area contributed by atoms with Crippen LogP contribution in [0.25, 0.3) is 16.8 Å². The lowest BCUT2D eigenvalue weighted by Gasteiger charge is -2.35. The van der Waals surface area contributed by atoms with Crippen molar-refractivity contribution in [2.24, 2.45) is 0 Å². The Hall–Kier alpha value is -2.91. The zero-order valence-corrected chi connectivity index (χ0v) is 16.8. The molecule has 0 unspecified atom stereocenters. The Bertz CT molecular complexity index is 1010. The summed E-state index contributed by atoms with van der Waals surface area (Å²) in [5.74, 6) is 1.43. The van der Waals surface area contributed by atoms with E-state index in [1.165, 1.54) is 0 Å². The third-order valence-electron chi connectivity index (χ3n) is 5.41. The van der Waals surface area contributed by atoms with Gasteiger partial charge < -0.3 is 4.90 Å². The minimum absolute atomic E-state index is 0.336. The molecular formula is C22H26N6. The predicted molar refractivity (Wildman–Crippen MR) is 112 cm³/mol. The molecule has 3 aromatic rings. The minimum Gasteiger partial charge on any atom is -0.354 e. The van der Waals surface area contributed by atoms with E-state index in [1.807, 2.05) is 10.6 Å². The van der Waals surface area contributed by atoms with Crippen molar-refractivity contribution in [2.75, 3.05) is 37.6 Å². The first kappa shape index (κ1) is 18.5. The molecule has 1 aromatic carbocycles. The molecule has 0 N–H and O–H groups in total. The summed E-state index contributed by atoms with van der Waals surface area (Å²) in [7, 11) is 0. The van der Waals surface area contributed by atoms with E-state index in [4.69, 9.17) is 15.3 Å². The molecule has 0 spiro atoms. The molecule has 1 aliphatic rings. The monoisotopic (exact) mass is 374 g/mol. The highest BCUT2D eigenvalue weighted by Gasteiger charge is 2.23. The highest BCUT2D eigenvalue weighted by atomic mass is 15.4. The fourth-order valence-corrected chi connectivity index (χ4v) is 3.82. The standard InChI is InChI=1S/C22H26N6/c1-16(2)19-15-20(27-13-11-26(10-9-23)12-14-27)28-22(24-19)21(17(3)25-28)18-7-5-4-6-8-18/h4-8,15-16H,10-14H2,1-3H3. The van der Waals surface area contributed by atoms with Crippen LogP contribution in [0.2, 0.25) is 0 Å². The van der Waals surface area contributed by atoms with Crippen LogP contribution in [-0.2, 0) is 0 Å². The Morgan fingerprint density at radius 1 is 1.11 bits per heavy atom. The van der Waals surface area contributed by atoms with Gasteiger partial charge in [-0.3, -0.25) is 4.90 Å². The van der Waals surface area contributed by atoms with E-state index in [-0.39, 0.29) is 0 Å². The lowest BCUT2D eigenvalue weighted by molar-refractivity contribution is 0.286. The van der Waals surface area contributed by atoms with E-state index in [1.54, 1.807) is 0 Å². The third kappa shape index (κ3) is 3.34. The molecule has 1 saturated heterocycles. The molecule has 0 saturated carbocycles. The van der Waals surface area contributed by atoms with Crippen LogP contribution in [0.3, 0.4) is 0 Å². The molecule has 3 heterocycles. The number of piperazine rings is 1. The number of aryl methyl sites for hydroxylation is 1. The molecule has 28 heavy (non-hydrogen) atoms. The average Bonchev–Trinajstić information content (AvgIpc) is 3.04. The van der Waals surface area contributed by atoms with Gasteiger partial charge in [0.1, 0.15) is 5.82 Å². The molecule has 1 fully saturated rings. The molecule has 0 aliphatic carbocycles. The number of nitrogens with zero attached hydrogens (tertiary/aromatic N) is 6. The highest BCUT2D eigenvalue weighted by Crippen LogP contribution is 2.31. The second-order valence-electron chi connectivity index (χ2n) is 7.68. The molecular weight excluding hydrogens is 348 g/mol. The number of hydrogen-bond acceptors (Lipinski definition) is 5. The van der Waals surface area contributed by atoms with Crippen molar-refractivity contribution in [2.45, 2.75) is 26.7 Å². The van der Waals surface area contributed by atoms with E-state index in [0.29, 0.717) is 12.5 Å². The van der Waals surface area contributed by atoms with Gasteiger partial charge >= 0.3 is 0 Å². The average molecular weight is 374 g/mol. The highest BCUT2D eigenvalue weighted by molar-refractivity contribution is 5.81. The fourth-order valence-electron chi connectivity index (χ4n) is 3.82. The van der Waals surface area contributed by atoms with Crippen LogP contribution in [0.15, 0.2) is 36.4 Å². The van der Waals surface area contributed by atoms with Crippen LogP contribution >= 0.6 is 0 Å².